The molecule has 2 aromatic carbocycles. The van der Waals surface area contributed by atoms with E-state index < -0.39 is 0 Å². The number of anilines is 1. The fourth-order valence-corrected chi connectivity index (χ4v) is 4.70. The molecule has 2 aromatic rings. The minimum Gasteiger partial charge on any atom is -0.368 e. The maximum atomic E-state index is 12.7. The number of aryl methyl sites for hydroxylation is 3. The molecule has 0 saturated carbocycles. The lowest BCUT2D eigenvalue weighted by molar-refractivity contribution is -0.131. The van der Waals surface area contributed by atoms with E-state index in [0.29, 0.717) is 12.8 Å². The van der Waals surface area contributed by atoms with Crippen molar-refractivity contribution in [3.63, 3.8) is 0 Å². The number of fused-ring (bicyclic) bond motifs is 1. The highest BCUT2D eigenvalue weighted by Crippen LogP contribution is 2.25. The van der Waals surface area contributed by atoms with Crippen molar-refractivity contribution in [3.05, 3.63) is 64.2 Å². The lowest BCUT2D eigenvalue weighted by Gasteiger charge is -2.37. The number of Topliss-reactive ketones (excluding diaryl/α,β-unsaturated/α-hetero) is 1. The average molecular weight is 405 g/mol. The smallest absolute Gasteiger partial charge is 0.223 e. The van der Waals surface area contributed by atoms with E-state index in [-0.39, 0.29) is 11.7 Å². The second-order valence-electron chi connectivity index (χ2n) is 8.70. The molecule has 2 aliphatic rings. The number of hydrogen-bond donors (Lipinski definition) is 0. The first-order chi connectivity index (χ1) is 14.5. The van der Waals surface area contributed by atoms with Gasteiger partial charge in [-0.1, -0.05) is 24.3 Å². The molecule has 0 unspecified atom stereocenters. The van der Waals surface area contributed by atoms with E-state index in [4.69, 9.17) is 0 Å². The Balaban J connectivity index is 1.29. The van der Waals surface area contributed by atoms with E-state index >= 15 is 0 Å². The number of nitrogens with zero attached hydrogens (tertiary/aromatic N) is 2. The van der Waals surface area contributed by atoms with Crippen LogP contribution < -0.4 is 4.90 Å². The Hall–Kier alpha value is -2.62. The van der Waals surface area contributed by atoms with Gasteiger partial charge in [-0.3, -0.25) is 9.59 Å². The summed E-state index contributed by atoms with van der Waals surface area (Å²) in [5.41, 5.74) is 7.35. The molecule has 4 heteroatoms. The van der Waals surface area contributed by atoms with Crippen molar-refractivity contribution in [1.29, 1.82) is 0 Å². The van der Waals surface area contributed by atoms with Crippen LogP contribution in [-0.4, -0.2) is 42.8 Å². The normalized spacial score (nSPS) is 16.3. The summed E-state index contributed by atoms with van der Waals surface area (Å²) >= 11 is 0. The molecule has 0 atom stereocenters. The highest BCUT2D eigenvalue weighted by Gasteiger charge is 2.23. The summed E-state index contributed by atoms with van der Waals surface area (Å²) in [6.07, 6.45) is 5.24. The van der Waals surface area contributed by atoms with Crippen molar-refractivity contribution < 1.29 is 9.59 Å². The average Bonchev–Trinajstić information content (AvgIpc) is 2.79. The highest BCUT2D eigenvalue weighted by molar-refractivity contribution is 5.98. The summed E-state index contributed by atoms with van der Waals surface area (Å²) in [6.45, 7) is 7.43. The molecule has 0 bridgehead atoms. The van der Waals surface area contributed by atoms with Crippen molar-refractivity contribution in [1.82, 2.24) is 4.90 Å². The van der Waals surface area contributed by atoms with Crippen molar-refractivity contribution >= 4 is 17.4 Å². The Labute approximate surface area is 179 Å². The Kier molecular flexibility index (Phi) is 6.21. The second-order valence-corrected chi connectivity index (χ2v) is 8.70. The van der Waals surface area contributed by atoms with Crippen LogP contribution in [0, 0.1) is 13.8 Å². The molecule has 1 fully saturated rings. The van der Waals surface area contributed by atoms with Gasteiger partial charge < -0.3 is 9.80 Å². The third-order valence-electron chi connectivity index (χ3n) is 6.79. The van der Waals surface area contributed by atoms with Crippen LogP contribution in [0.5, 0.6) is 0 Å². The summed E-state index contributed by atoms with van der Waals surface area (Å²) in [6, 6.07) is 12.5. The molecule has 0 radical (unpaired) electrons. The van der Waals surface area contributed by atoms with E-state index in [0.717, 1.165) is 44.6 Å². The number of rotatable bonds is 5. The number of carbonyl (C=O) groups is 2. The summed E-state index contributed by atoms with van der Waals surface area (Å²) < 4.78 is 0. The molecular weight excluding hydrogens is 372 g/mol. The van der Waals surface area contributed by atoms with Gasteiger partial charge in [0.1, 0.15) is 0 Å². The number of benzene rings is 2. The summed E-state index contributed by atoms with van der Waals surface area (Å²) in [5, 5.41) is 0. The molecule has 30 heavy (non-hydrogen) atoms. The number of amides is 1. The third kappa shape index (κ3) is 4.43. The van der Waals surface area contributed by atoms with Gasteiger partial charge in [0, 0.05) is 50.3 Å². The molecule has 158 valence electrons. The van der Waals surface area contributed by atoms with E-state index in [1.54, 1.807) is 0 Å². The Morgan fingerprint density at radius 3 is 2.37 bits per heavy atom. The number of carbonyl (C=O) groups excluding carboxylic acids is 2. The van der Waals surface area contributed by atoms with Gasteiger partial charge in [0.2, 0.25) is 5.91 Å². The van der Waals surface area contributed by atoms with Gasteiger partial charge in [0.15, 0.2) is 5.78 Å². The molecule has 1 aliphatic heterocycles. The SMILES string of the molecule is Cc1cccc(N2CCN(C(=O)CCC(=O)c3ccc4c(c3)CCCC4)CC2)c1C. The fourth-order valence-electron chi connectivity index (χ4n) is 4.70. The third-order valence-corrected chi connectivity index (χ3v) is 6.79. The van der Waals surface area contributed by atoms with Gasteiger partial charge in [-0.15, -0.1) is 0 Å². The topological polar surface area (TPSA) is 40.6 Å². The zero-order valence-electron chi connectivity index (χ0n) is 18.2. The largest absolute Gasteiger partial charge is 0.368 e. The first-order valence-electron chi connectivity index (χ1n) is 11.3. The van der Waals surface area contributed by atoms with Crippen molar-refractivity contribution in [2.45, 2.75) is 52.4 Å². The predicted molar refractivity (Wildman–Crippen MR) is 121 cm³/mol. The van der Waals surface area contributed by atoms with Gasteiger partial charge in [-0.05, 0) is 73.9 Å². The van der Waals surface area contributed by atoms with E-state index in [9.17, 15) is 9.59 Å². The van der Waals surface area contributed by atoms with Crippen LogP contribution in [0.25, 0.3) is 0 Å². The molecule has 1 aliphatic carbocycles. The number of piperazine rings is 1. The Morgan fingerprint density at radius 1 is 0.867 bits per heavy atom. The van der Waals surface area contributed by atoms with Crippen molar-refractivity contribution in [3.8, 4) is 0 Å². The lowest BCUT2D eigenvalue weighted by atomic mass is 9.89. The summed E-state index contributed by atoms with van der Waals surface area (Å²) in [4.78, 5) is 29.6. The molecule has 1 heterocycles. The van der Waals surface area contributed by atoms with Crippen molar-refractivity contribution in [2.24, 2.45) is 0 Å². The van der Waals surface area contributed by atoms with Gasteiger partial charge in [0.05, 0.1) is 0 Å². The van der Waals surface area contributed by atoms with Gasteiger partial charge in [-0.25, -0.2) is 0 Å². The molecule has 1 saturated heterocycles. The fraction of sp³-hybridized carbons (Fsp3) is 0.462. The van der Waals surface area contributed by atoms with Crippen LogP contribution in [0.15, 0.2) is 36.4 Å². The molecular formula is C26H32N2O2. The zero-order valence-corrected chi connectivity index (χ0v) is 18.2. The summed E-state index contributed by atoms with van der Waals surface area (Å²) in [7, 11) is 0. The van der Waals surface area contributed by atoms with Gasteiger partial charge in [-0.2, -0.15) is 0 Å². The highest BCUT2D eigenvalue weighted by atomic mass is 16.2. The van der Waals surface area contributed by atoms with Gasteiger partial charge in [0.25, 0.3) is 0 Å². The standard InChI is InChI=1S/C26H32N2O2/c1-19-6-5-9-24(20(19)2)27-14-16-28(17-15-27)26(30)13-12-25(29)23-11-10-21-7-3-4-8-22(21)18-23/h5-6,9-11,18H,3-4,7-8,12-17H2,1-2H3. The van der Waals surface area contributed by atoms with Crippen LogP contribution in [-0.2, 0) is 17.6 Å². The van der Waals surface area contributed by atoms with Crippen molar-refractivity contribution in [2.75, 3.05) is 31.1 Å². The second kappa shape index (κ2) is 9.03. The first-order valence-corrected chi connectivity index (χ1v) is 11.3. The minimum atomic E-state index is 0.0887. The maximum absolute atomic E-state index is 12.7. The molecule has 0 aromatic heterocycles. The van der Waals surface area contributed by atoms with Crippen LogP contribution in [0.2, 0.25) is 0 Å². The Morgan fingerprint density at radius 2 is 1.60 bits per heavy atom. The zero-order chi connectivity index (χ0) is 21.1. The minimum absolute atomic E-state index is 0.0887. The van der Waals surface area contributed by atoms with Crippen LogP contribution >= 0.6 is 0 Å². The number of hydrogen-bond acceptors (Lipinski definition) is 3. The van der Waals surface area contributed by atoms with Gasteiger partial charge >= 0.3 is 0 Å². The van der Waals surface area contributed by atoms with E-state index in [1.807, 2.05) is 11.0 Å². The molecule has 4 nitrogen and oxygen atoms in total. The quantitative estimate of drug-likeness (QED) is 0.689. The van der Waals surface area contributed by atoms with Crippen LogP contribution in [0.4, 0.5) is 5.69 Å². The molecule has 1 amide bonds. The predicted octanol–water partition coefficient (Wildman–Crippen LogP) is 4.49. The maximum Gasteiger partial charge on any atom is 0.223 e. The van der Waals surface area contributed by atoms with E-state index in [2.05, 4.69) is 49.1 Å². The Bertz CT molecular complexity index is 942. The summed E-state index contributed by atoms with van der Waals surface area (Å²) in [5.74, 6) is 0.188. The van der Waals surface area contributed by atoms with Crippen LogP contribution in [0.3, 0.4) is 0 Å². The monoisotopic (exact) mass is 404 g/mol. The van der Waals surface area contributed by atoms with Crippen LogP contribution in [0.1, 0.15) is 58.3 Å². The molecule has 0 spiro atoms. The van der Waals surface area contributed by atoms with E-state index in [1.165, 1.54) is 40.8 Å². The first kappa shape index (κ1) is 20.6. The number of ketones is 1. The molecule has 0 N–H and O–H groups in total. The molecule has 4 rings (SSSR count). The lowest BCUT2D eigenvalue weighted by Crippen LogP contribution is -2.49.